The van der Waals surface area contributed by atoms with Gasteiger partial charge in [0.25, 0.3) is 0 Å². The summed E-state index contributed by atoms with van der Waals surface area (Å²) in [5.74, 6) is -5.67. The van der Waals surface area contributed by atoms with Crippen LogP contribution in [0, 0.1) is 17.1 Å². The number of fused-ring (bicyclic) bond motifs is 3. The Balaban J connectivity index is 0.907. The van der Waals surface area contributed by atoms with Gasteiger partial charge in [-0.1, -0.05) is 128 Å². The molecule has 8 aromatic rings. The molecule has 0 radical (unpaired) electrons. The zero-order valence-electron chi connectivity index (χ0n) is 66.3. The number of aromatic nitrogens is 2. The summed E-state index contributed by atoms with van der Waals surface area (Å²) < 4.78 is 14.4. The minimum Gasteiger partial charge on any atom is -0.508 e. The van der Waals surface area contributed by atoms with Crippen LogP contribution in [0.3, 0.4) is 0 Å². The van der Waals surface area contributed by atoms with Gasteiger partial charge < -0.3 is 89.7 Å². The Labute approximate surface area is 685 Å². The van der Waals surface area contributed by atoms with Crippen molar-refractivity contribution in [1.29, 1.82) is 5.41 Å². The van der Waals surface area contributed by atoms with Crippen LogP contribution in [-0.4, -0.2) is 195 Å². The number of piperidine rings is 1. The first-order valence-corrected chi connectivity index (χ1v) is 41.8. The largest absolute Gasteiger partial charge is 0.508 e. The molecule has 117 heavy (non-hydrogen) atoms. The van der Waals surface area contributed by atoms with Crippen molar-refractivity contribution in [2.24, 2.45) is 17.4 Å². The smallest absolute Gasteiger partial charge is 0.245 e. The number of phenolic OH excluding ortho intramolecular Hbond substituents is 1. The Hall–Kier alpha value is -11.0. The fourth-order valence-corrected chi connectivity index (χ4v) is 17.2. The van der Waals surface area contributed by atoms with Crippen LogP contribution in [-0.2, 0) is 81.7 Å². The average molecular weight is 1620 g/mol. The Morgan fingerprint density at radius 1 is 0.624 bits per heavy atom. The van der Waals surface area contributed by atoms with E-state index in [1.807, 2.05) is 24.3 Å². The van der Waals surface area contributed by atoms with Crippen LogP contribution >= 0.6 is 11.8 Å². The number of amides is 8. The van der Waals surface area contributed by atoms with Crippen molar-refractivity contribution in [3.05, 3.63) is 209 Å². The molecule has 19 N–H and O–H groups in total. The number of aromatic amines is 2. The quantitative estimate of drug-likeness (QED) is 0.0171. The number of unbranched alkanes of at least 4 members (excludes halogenated alkanes) is 1. The summed E-state index contributed by atoms with van der Waals surface area (Å²) >= 11 is 1.57. The highest BCUT2D eigenvalue weighted by atomic mass is 32.2. The number of aromatic hydroxyl groups is 1. The summed E-state index contributed by atoms with van der Waals surface area (Å²) in [6.45, 7) is 2.52. The topological polar surface area (TPSA) is 425 Å². The van der Waals surface area contributed by atoms with E-state index in [9.17, 15) is 33.8 Å². The number of para-hydroxylation sites is 1. The number of Topliss-reactive ketones (excluding diaryl/α,β-unsaturated/α-hetero) is 1. The zero-order chi connectivity index (χ0) is 82.9. The molecule has 11 rings (SSSR count). The first-order chi connectivity index (χ1) is 56.5. The SMILES string of the molecule is C[C@@H](O)[C@@H]1NC(=O)[C@H](CCCCN)NC(=O)[C@@H](Cc2c[nH]c3ccccc23)NC(=O)[C@H](Cc2ccccc2)NC(=O)[C@H](Cc2ccccc2)NC(=O)[C@H](CCCNC(=N)N)NC(=O)[C@H](NC[C@H](Cc2ccc(O)cc2)NC(=O)CSC[C@@H]2C[C@@H]3c4cccc5[nH]cc(c45)C[C@H]3N(C)C2)CCCCCC(=O)[C@H](Cc2ccc(F)cc2)NC1=O. The lowest BCUT2D eigenvalue weighted by Crippen LogP contribution is -2.62. The van der Waals surface area contributed by atoms with Crippen LogP contribution < -0.4 is 64.6 Å². The molecule has 2 fully saturated rings. The van der Waals surface area contributed by atoms with Crippen molar-refractivity contribution >= 4 is 92.6 Å². The molecular weight excluding hydrogens is 1510 g/mol. The molecule has 622 valence electrons. The molecule has 2 saturated heterocycles. The predicted octanol–water partition coefficient (Wildman–Crippen LogP) is 5.54. The number of carbonyl (C=O) groups excluding carboxylic acids is 9. The van der Waals surface area contributed by atoms with Gasteiger partial charge in [-0.05, 0) is 178 Å². The van der Waals surface area contributed by atoms with Crippen molar-refractivity contribution in [1.82, 2.24) is 68.0 Å². The van der Waals surface area contributed by atoms with Crippen molar-refractivity contribution in [3.63, 3.8) is 0 Å². The van der Waals surface area contributed by atoms with Gasteiger partial charge in [0.15, 0.2) is 11.7 Å². The number of likely N-dealkylation sites (tertiary alicyclic amines) is 1. The number of carbonyl (C=O) groups is 9. The number of nitrogens with one attached hydrogen (secondary N) is 13. The number of ketones is 1. The third-order valence-electron chi connectivity index (χ3n) is 22.4. The second-order valence-electron chi connectivity index (χ2n) is 31.3. The van der Waals surface area contributed by atoms with Crippen LogP contribution in [0.5, 0.6) is 5.75 Å². The fraction of sp³-hybridized carbons (Fsp3) is 0.432. The van der Waals surface area contributed by atoms with Crippen molar-refractivity contribution < 1.29 is 57.8 Å². The maximum atomic E-state index is 15.5. The summed E-state index contributed by atoms with van der Waals surface area (Å²) in [5.41, 5.74) is 19.3. The lowest BCUT2D eigenvalue weighted by molar-refractivity contribution is -0.136. The molecule has 0 unspecified atom stereocenters. The molecule has 0 bridgehead atoms. The fourth-order valence-electron chi connectivity index (χ4n) is 16.3. The highest BCUT2D eigenvalue weighted by Crippen LogP contribution is 2.45. The number of benzene rings is 6. The van der Waals surface area contributed by atoms with Gasteiger partial charge in [0, 0.05) is 97.5 Å². The number of hydrogen-bond donors (Lipinski definition) is 17. The first-order valence-electron chi connectivity index (χ1n) is 40.7. The number of nitrogens with zero attached hydrogens (tertiary/aromatic N) is 1. The van der Waals surface area contributed by atoms with Crippen LogP contribution in [0.15, 0.2) is 164 Å². The van der Waals surface area contributed by atoms with E-state index in [2.05, 4.69) is 99.5 Å². The van der Waals surface area contributed by atoms with Gasteiger partial charge in [0.1, 0.15) is 47.8 Å². The van der Waals surface area contributed by atoms with E-state index in [1.54, 1.807) is 103 Å². The van der Waals surface area contributed by atoms with E-state index < -0.39 is 113 Å². The molecule has 29 heteroatoms. The number of aliphatic hydroxyl groups excluding tert-OH is 1. The summed E-state index contributed by atoms with van der Waals surface area (Å²) in [7, 11) is 2.19. The molecule has 2 aromatic heterocycles. The van der Waals surface area contributed by atoms with Crippen LogP contribution in [0.1, 0.15) is 122 Å². The number of likely N-dealkylation sites (N-methyl/N-ethyl adjacent to an activating group) is 1. The highest BCUT2D eigenvalue weighted by Gasteiger charge is 2.41. The highest BCUT2D eigenvalue weighted by molar-refractivity contribution is 7.99. The monoisotopic (exact) mass is 1620 g/mol. The van der Waals surface area contributed by atoms with Crippen LogP contribution in [0.4, 0.5) is 4.39 Å². The van der Waals surface area contributed by atoms with Crippen molar-refractivity contribution in [3.8, 4) is 5.75 Å². The lowest BCUT2D eigenvalue weighted by Gasteiger charge is -2.45. The Kier molecular flexibility index (Phi) is 31.7. The summed E-state index contributed by atoms with van der Waals surface area (Å²) in [6.07, 6.45) is 5.66. The van der Waals surface area contributed by atoms with Crippen LogP contribution in [0.25, 0.3) is 21.8 Å². The number of phenols is 1. The summed E-state index contributed by atoms with van der Waals surface area (Å²) in [6, 6.07) is 32.0. The number of guanidine groups is 1. The molecule has 13 atom stereocenters. The molecular formula is C88H111FN16O11S. The van der Waals surface area contributed by atoms with E-state index in [0.29, 0.717) is 65.8 Å². The molecule has 0 saturated carbocycles. The molecule has 27 nitrogen and oxygen atoms in total. The van der Waals surface area contributed by atoms with Gasteiger partial charge in [-0.3, -0.25) is 48.6 Å². The molecule has 2 aliphatic heterocycles. The second-order valence-corrected chi connectivity index (χ2v) is 32.3. The van der Waals surface area contributed by atoms with Gasteiger partial charge in [-0.2, -0.15) is 11.8 Å². The van der Waals surface area contributed by atoms with Gasteiger partial charge in [-0.15, -0.1) is 0 Å². The molecule has 8 amide bonds. The predicted molar refractivity (Wildman–Crippen MR) is 450 cm³/mol. The molecule has 3 aliphatic rings. The minimum absolute atomic E-state index is 0.0196. The number of rotatable bonds is 27. The molecule has 4 heterocycles. The van der Waals surface area contributed by atoms with Gasteiger partial charge in [-0.25, -0.2) is 4.39 Å². The van der Waals surface area contributed by atoms with E-state index in [-0.39, 0.29) is 114 Å². The van der Waals surface area contributed by atoms with E-state index in [0.717, 1.165) is 47.1 Å². The number of nitrogens with two attached hydrogens (primary N) is 2. The minimum atomic E-state index is -1.70. The maximum absolute atomic E-state index is 15.5. The van der Waals surface area contributed by atoms with Crippen molar-refractivity contribution in [2.75, 3.05) is 44.7 Å². The molecule has 6 aromatic carbocycles. The van der Waals surface area contributed by atoms with Crippen molar-refractivity contribution in [2.45, 2.75) is 189 Å². The maximum Gasteiger partial charge on any atom is 0.245 e. The Morgan fingerprint density at radius 2 is 1.20 bits per heavy atom. The third kappa shape index (κ3) is 25.0. The summed E-state index contributed by atoms with van der Waals surface area (Å²) in [5, 5.41) is 61.1. The second kappa shape index (κ2) is 42.8. The zero-order valence-corrected chi connectivity index (χ0v) is 67.1. The number of halogens is 1. The third-order valence-corrected chi connectivity index (χ3v) is 23.6. The summed E-state index contributed by atoms with van der Waals surface area (Å²) in [4.78, 5) is 145. The normalized spacial score (nSPS) is 23.1. The molecule has 1 aliphatic carbocycles. The lowest BCUT2D eigenvalue weighted by atomic mass is 9.73. The molecule has 0 spiro atoms. The number of thioether (sulfide) groups is 1. The Morgan fingerprint density at radius 3 is 1.86 bits per heavy atom. The van der Waals surface area contributed by atoms with Gasteiger partial charge in [0.2, 0.25) is 47.3 Å². The van der Waals surface area contributed by atoms with E-state index >= 15 is 24.0 Å². The van der Waals surface area contributed by atoms with Gasteiger partial charge in [0.05, 0.1) is 23.9 Å². The van der Waals surface area contributed by atoms with Gasteiger partial charge >= 0.3 is 0 Å². The number of H-pyrrole nitrogens is 2. The number of hydrogen-bond acceptors (Lipinski definition) is 16. The Bertz CT molecular complexity index is 4690. The standard InChI is InChI=1S/C88H111FN16O11S/c1-53(106)80-87(116)100-72(42-57-30-34-61(89)35-31-57)77(108)29-11-5-10-25-69(96-49-62(40-56-32-36-63(107)37-33-56)97-78(109)52-117-51-58-41-66-65-23-16-27-68-79(65)60(48-95-68)46-76(66)105(2)50-58)81(110)98-71(28-17-39-93-88(91)92)82(111)101-73(43-54-18-6-3-7-19-54)84(113)102-74(44-55-20-8-4-9-21-55)85(114)103-75(45-59-47-94-67-24-13-12-22-64(59)67)86(115)99-70(83(112)104-80)26-14-15-38-90/h3-4,6-9,12-13,16,18-24,27,30-37,47-48,53,58,62,66,69-76,80,94-96,106-107H,5,10-11,14-15,17,25-26,28-29,38-46,49-52,90H2,1-2H3,(H,97,109)(H,98,110)(H,99,115)(H,100,116)(H,101,111)(H,102,113)(H,103,114)(H,104,112)(H4,91,92,93)/t53-,58-,62+,66-,69-,70+,71+,72+,73+,74+,75-,76-,80+/m1/s1. The van der Waals surface area contributed by atoms with Crippen LogP contribution in [0.2, 0.25) is 0 Å². The van der Waals surface area contributed by atoms with E-state index in [4.69, 9.17) is 16.9 Å². The average Bonchev–Trinajstić information content (AvgIpc) is 1.67. The van der Waals surface area contributed by atoms with E-state index in [1.165, 1.54) is 47.7 Å². The number of aliphatic hydroxyl groups is 1. The first kappa shape index (κ1) is 86.9.